The third-order valence-corrected chi connectivity index (χ3v) is 1.95. The van der Waals surface area contributed by atoms with Gasteiger partial charge in [-0.05, 0) is 18.6 Å². The van der Waals surface area contributed by atoms with E-state index in [1.54, 1.807) is 12.3 Å². The van der Waals surface area contributed by atoms with E-state index in [0.717, 1.165) is 12.8 Å². The van der Waals surface area contributed by atoms with E-state index in [1.165, 1.54) is 12.8 Å². The maximum Gasteiger partial charge on any atom is 0.132 e. The maximum absolute atomic E-state index is 9.54. The molecule has 1 atom stereocenters. The highest BCUT2D eigenvalue weighted by molar-refractivity contribution is 5.01. The van der Waals surface area contributed by atoms with Crippen LogP contribution in [0.3, 0.4) is 0 Å². The predicted octanol–water partition coefficient (Wildman–Crippen LogP) is 2.89. The number of hydrogen-bond acceptors (Lipinski definition) is 2. The molecule has 0 bridgehead atoms. The van der Waals surface area contributed by atoms with E-state index in [1.807, 2.05) is 6.07 Å². The number of unbranched alkanes of at least 4 members (excludes halogenated alkanes) is 2. The van der Waals surface area contributed by atoms with Gasteiger partial charge in [-0.3, -0.25) is 0 Å². The minimum absolute atomic E-state index is 0.411. The highest BCUT2D eigenvalue weighted by Crippen LogP contribution is 2.19. The van der Waals surface area contributed by atoms with Crippen LogP contribution in [0, 0.1) is 0 Å². The van der Waals surface area contributed by atoms with E-state index >= 15 is 0 Å². The molecule has 2 heteroatoms. The van der Waals surface area contributed by atoms with Crippen LogP contribution in [-0.4, -0.2) is 5.11 Å². The zero-order chi connectivity index (χ0) is 8.81. The van der Waals surface area contributed by atoms with Crippen LogP contribution in [0.1, 0.15) is 44.5 Å². The fourth-order valence-corrected chi connectivity index (χ4v) is 1.21. The third-order valence-electron chi connectivity index (χ3n) is 1.95. The Hall–Kier alpha value is -0.760. The molecular formula is C10H16O2. The lowest BCUT2D eigenvalue weighted by Gasteiger charge is -2.05. The number of aliphatic hydroxyl groups excluding tert-OH is 1. The fraction of sp³-hybridized carbons (Fsp3) is 0.600. The van der Waals surface area contributed by atoms with Crippen LogP contribution < -0.4 is 0 Å². The van der Waals surface area contributed by atoms with Crippen LogP contribution in [0.2, 0.25) is 0 Å². The van der Waals surface area contributed by atoms with Gasteiger partial charge in [-0.1, -0.05) is 26.2 Å². The Labute approximate surface area is 73.2 Å². The molecule has 1 unspecified atom stereocenters. The lowest BCUT2D eigenvalue weighted by Crippen LogP contribution is -1.94. The first-order valence-corrected chi connectivity index (χ1v) is 4.56. The Morgan fingerprint density at radius 1 is 1.50 bits per heavy atom. The van der Waals surface area contributed by atoms with E-state index in [4.69, 9.17) is 4.42 Å². The van der Waals surface area contributed by atoms with Crippen LogP contribution >= 0.6 is 0 Å². The zero-order valence-electron chi connectivity index (χ0n) is 7.49. The maximum atomic E-state index is 9.54. The van der Waals surface area contributed by atoms with Gasteiger partial charge in [-0.25, -0.2) is 0 Å². The van der Waals surface area contributed by atoms with Crippen LogP contribution in [0.25, 0.3) is 0 Å². The minimum Gasteiger partial charge on any atom is -0.467 e. The van der Waals surface area contributed by atoms with Crippen molar-refractivity contribution in [3.63, 3.8) is 0 Å². The van der Waals surface area contributed by atoms with Crippen molar-refractivity contribution in [3.8, 4) is 0 Å². The van der Waals surface area contributed by atoms with Gasteiger partial charge in [-0.2, -0.15) is 0 Å². The van der Waals surface area contributed by atoms with Crippen molar-refractivity contribution in [1.29, 1.82) is 0 Å². The molecule has 12 heavy (non-hydrogen) atoms. The summed E-state index contributed by atoms with van der Waals surface area (Å²) in [6, 6.07) is 3.62. The molecule has 0 aliphatic heterocycles. The van der Waals surface area contributed by atoms with Crippen molar-refractivity contribution in [2.75, 3.05) is 0 Å². The SMILES string of the molecule is CCCCCC(O)c1ccco1. The van der Waals surface area contributed by atoms with Gasteiger partial charge in [0.2, 0.25) is 0 Å². The smallest absolute Gasteiger partial charge is 0.132 e. The molecule has 2 nitrogen and oxygen atoms in total. The van der Waals surface area contributed by atoms with E-state index in [9.17, 15) is 5.11 Å². The second kappa shape index (κ2) is 4.99. The highest BCUT2D eigenvalue weighted by atomic mass is 16.4. The molecule has 0 saturated carbocycles. The summed E-state index contributed by atoms with van der Waals surface area (Å²) in [6.07, 6.45) is 5.42. The first-order chi connectivity index (χ1) is 5.84. The molecule has 0 aliphatic rings. The second-order valence-corrected chi connectivity index (χ2v) is 3.03. The van der Waals surface area contributed by atoms with Crippen molar-refractivity contribution >= 4 is 0 Å². The molecule has 0 radical (unpaired) electrons. The Morgan fingerprint density at radius 3 is 2.92 bits per heavy atom. The molecule has 1 rings (SSSR count). The first kappa shape index (κ1) is 9.33. The number of aliphatic hydroxyl groups is 1. The predicted molar refractivity (Wildman–Crippen MR) is 47.8 cm³/mol. The second-order valence-electron chi connectivity index (χ2n) is 3.03. The Kier molecular flexibility index (Phi) is 3.88. The average molecular weight is 168 g/mol. The Balaban J connectivity index is 2.25. The summed E-state index contributed by atoms with van der Waals surface area (Å²) in [5, 5.41) is 9.54. The summed E-state index contributed by atoms with van der Waals surface area (Å²) >= 11 is 0. The molecule has 1 aromatic rings. The van der Waals surface area contributed by atoms with E-state index < -0.39 is 6.10 Å². The lowest BCUT2D eigenvalue weighted by molar-refractivity contribution is 0.137. The van der Waals surface area contributed by atoms with Gasteiger partial charge in [0, 0.05) is 0 Å². The van der Waals surface area contributed by atoms with Crippen molar-refractivity contribution in [2.24, 2.45) is 0 Å². The molecule has 1 aromatic heterocycles. The standard InChI is InChI=1S/C10H16O2/c1-2-3-4-6-9(11)10-7-5-8-12-10/h5,7-9,11H,2-4,6H2,1H3. The number of rotatable bonds is 5. The summed E-state index contributed by atoms with van der Waals surface area (Å²) in [5.41, 5.74) is 0. The molecule has 0 saturated heterocycles. The van der Waals surface area contributed by atoms with Gasteiger partial charge in [0.1, 0.15) is 11.9 Å². The zero-order valence-corrected chi connectivity index (χ0v) is 7.49. The largest absolute Gasteiger partial charge is 0.467 e. The first-order valence-electron chi connectivity index (χ1n) is 4.56. The van der Waals surface area contributed by atoms with Crippen molar-refractivity contribution in [1.82, 2.24) is 0 Å². The summed E-state index contributed by atoms with van der Waals surface area (Å²) in [5.74, 6) is 0.686. The molecule has 0 aliphatic carbocycles. The third kappa shape index (κ3) is 2.70. The van der Waals surface area contributed by atoms with Crippen LogP contribution in [-0.2, 0) is 0 Å². The Morgan fingerprint density at radius 2 is 2.33 bits per heavy atom. The highest BCUT2D eigenvalue weighted by Gasteiger charge is 2.08. The van der Waals surface area contributed by atoms with Gasteiger partial charge in [0.15, 0.2) is 0 Å². The molecular weight excluding hydrogens is 152 g/mol. The van der Waals surface area contributed by atoms with Gasteiger partial charge >= 0.3 is 0 Å². The molecule has 1 heterocycles. The minimum atomic E-state index is -0.411. The molecule has 0 fully saturated rings. The van der Waals surface area contributed by atoms with Crippen molar-refractivity contribution in [3.05, 3.63) is 24.2 Å². The van der Waals surface area contributed by atoms with Gasteiger partial charge in [-0.15, -0.1) is 0 Å². The molecule has 0 aromatic carbocycles. The quantitative estimate of drug-likeness (QED) is 0.686. The summed E-state index contributed by atoms with van der Waals surface area (Å²) in [6.45, 7) is 2.15. The number of furan rings is 1. The van der Waals surface area contributed by atoms with Gasteiger partial charge < -0.3 is 9.52 Å². The van der Waals surface area contributed by atoms with Crippen molar-refractivity contribution < 1.29 is 9.52 Å². The summed E-state index contributed by atoms with van der Waals surface area (Å²) in [4.78, 5) is 0. The Bertz CT molecular complexity index is 192. The molecule has 68 valence electrons. The molecule has 0 amide bonds. The monoisotopic (exact) mass is 168 g/mol. The van der Waals surface area contributed by atoms with Gasteiger partial charge in [0.25, 0.3) is 0 Å². The van der Waals surface area contributed by atoms with Gasteiger partial charge in [0.05, 0.1) is 6.26 Å². The van der Waals surface area contributed by atoms with Crippen LogP contribution in [0.5, 0.6) is 0 Å². The van der Waals surface area contributed by atoms with Crippen molar-refractivity contribution in [2.45, 2.75) is 38.7 Å². The van der Waals surface area contributed by atoms with E-state index in [0.29, 0.717) is 5.76 Å². The summed E-state index contributed by atoms with van der Waals surface area (Å²) < 4.78 is 5.08. The molecule has 1 N–H and O–H groups in total. The van der Waals surface area contributed by atoms with Crippen LogP contribution in [0.15, 0.2) is 22.8 Å². The normalized spacial score (nSPS) is 13.2. The topological polar surface area (TPSA) is 33.4 Å². The number of hydrogen-bond donors (Lipinski definition) is 1. The lowest BCUT2D eigenvalue weighted by atomic mass is 10.1. The average Bonchev–Trinajstić information content (AvgIpc) is 2.56. The van der Waals surface area contributed by atoms with Crippen LogP contribution in [0.4, 0.5) is 0 Å². The van der Waals surface area contributed by atoms with E-state index in [-0.39, 0.29) is 0 Å². The fourth-order valence-electron chi connectivity index (χ4n) is 1.21. The molecule has 0 spiro atoms. The summed E-state index contributed by atoms with van der Waals surface area (Å²) in [7, 11) is 0. The van der Waals surface area contributed by atoms with E-state index in [2.05, 4.69) is 6.92 Å².